The van der Waals surface area contributed by atoms with E-state index in [9.17, 15) is 4.79 Å². The van der Waals surface area contributed by atoms with Crippen molar-refractivity contribution in [1.82, 2.24) is 9.36 Å². The van der Waals surface area contributed by atoms with E-state index in [2.05, 4.69) is 9.36 Å². The lowest BCUT2D eigenvalue weighted by Crippen LogP contribution is -2.39. The number of rotatable bonds is 6. The molecule has 1 amide bonds. The van der Waals surface area contributed by atoms with Crippen molar-refractivity contribution in [3.8, 4) is 11.5 Å². The van der Waals surface area contributed by atoms with Gasteiger partial charge in [0, 0.05) is 49.7 Å². The highest BCUT2D eigenvalue weighted by Crippen LogP contribution is 2.32. The summed E-state index contributed by atoms with van der Waals surface area (Å²) in [4.78, 5) is 21.1. The van der Waals surface area contributed by atoms with E-state index in [-0.39, 0.29) is 11.9 Å². The van der Waals surface area contributed by atoms with Gasteiger partial charge >= 0.3 is 0 Å². The Kier molecular flexibility index (Phi) is 5.08. The molecule has 0 saturated carbocycles. The van der Waals surface area contributed by atoms with Gasteiger partial charge in [0.1, 0.15) is 23.4 Å². The third-order valence-corrected chi connectivity index (χ3v) is 5.21. The molecule has 0 N–H and O–H groups in total. The molecule has 1 unspecified atom stereocenters. The highest BCUT2D eigenvalue weighted by molar-refractivity contribution is 7.09. The lowest BCUT2D eigenvalue weighted by molar-refractivity contribution is -0.118. The molecule has 1 fully saturated rings. The maximum absolute atomic E-state index is 13.0. The first-order valence-electron chi connectivity index (χ1n) is 8.17. The summed E-state index contributed by atoms with van der Waals surface area (Å²) in [6, 6.07) is 5.25. The van der Waals surface area contributed by atoms with Crippen molar-refractivity contribution in [2.24, 2.45) is 0 Å². The fourth-order valence-corrected chi connectivity index (χ4v) is 3.65. The number of nitrogens with zero attached hydrogens (tertiary/aromatic N) is 4. The van der Waals surface area contributed by atoms with Crippen LogP contribution in [-0.2, 0) is 11.2 Å². The molecule has 3 rings (SSSR count). The number of aryl methyl sites for hydroxylation is 1. The first kappa shape index (κ1) is 17.5. The summed E-state index contributed by atoms with van der Waals surface area (Å²) in [5.41, 5.74) is 0.781. The van der Waals surface area contributed by atoms with Crippen LogP contribution in [0.25, 0.3) is 0 Å². The minimum absolute atomic E-state index is 0.0473. The van der Waals surface area contributed by atoms with Crippen molar-refractivity contribution in [2.75, 3.05) is 37.6 Å². The van der Waals surface area contributed by atoms with Gasteiger partial charge in [-0.3, -0.25) is 4.79 Å². The van der Waals surface area contributed by atoms with Crippen molar-refractivity contribution in [2.45, 2.75) is 25.8 Å². The highest BCUT2D eigenvalue weighted by atomic mass is 32.1. The number of aromatic nitrogens is 2. The summed E-state index contributed by atoms with van der Waals surface area (Å²) in [5, 5.41) is 0.778. The van der Waals surface area contributed by atoms with Gasteiger partial charge in [-0.15, -0.1) is 0 Å². The standard InChI is InChI=1S/C17H22N4O3S/c1-5-15-18-17(25-19-15)20(2)14-6-7-21(16(14)22)11-8-12(23-3)10-13(9-11)24-4/h8-10,14H,5-7H2,1-4H3. The summed E-state index contributed by atoms with van der Waals surface area (Å²) in [6.07, 6.45) is 1.52. The van der Waals surface area contributed by atoms with Crippen LogP contribution in [0.3, 0.4) is 0 Å². The number of ether oxygens (including phenoxy) is 2. The molecule has 1 saturated heterocycles. The van der Waals surface area contributed by atoms with Gasteiger partial charge < -0.3 is 19.3 Å². The van der Waals surface area contributed by atoms with Crippen LogP contribution in [0.5, 0.6) is 11.5 Å². The van der Waals surface area contributed by atoms with Gasteiger partial charge in [-0.1, -0.05) is 6.92 Å². The number of carbonyl (C=O) groups excluding carboxylic acids is 1. The van der Waals surface area contributed by atoms with E-state index in [0.29, 0.717) is 18.0 Å². The number of anilines is 2. The average molecular weight is 362 g/mol. The molecule has 0 radical (unpaired) electrons. The summed E-state index contributed by atoms with van der Waals surface area (Å²) in [6.45, 7) is 2.66. The Morgan fingerprint density at radius 3 is 2.52 bits per heavy atom. The Morgan fingerprint density at radius 2 is 1.96 bits per heavy atom. The van der Waals surface area contributed by atoms with Crippen molar-refractivity contribution < 1.29 is 14.3 Å². The Hall–Kier alpha value is -2.35. The van der Waals surface area contributed by atoms with E-state index in [1.54, 1.807) is 25.2 Å². The maximum atomic E-state index is 13.0. The number of benzene rings is 1. The van der Waals surface area contributed by atoms with E-state index < -0.39 is 0 Å². The predicted molar refractivity (Wildman–Crippen MR) is 98.0 cm³/mol. The first-order chi connectivity index (χ1) is 12.1. The smallest absolute Gasteiger partial charge is 0.249 e. The lowest BCUT2D eigenvalue weighted by atomic mass is 10.2. The second kappa shape index (κ2) is 7.26. The van der Waals surface area contributed by atoms with Crippen LogP contribution in [0, 0.1) is 0 Å². The number of methoxy groups -OCH3 is 2. The van der Waals surface area contributed by atoms with Gasteiger partial charge in [0.2, 0.25) is 11.0 Å². The van der Waals surface area contributed by atoms with Gasteiger partial charge in [-0.2, -0.15) is 4.37 Å². The van der Waals surface area contributed by atoms with E-state index in [4.69, 9.17) is 9.47 Å². The minimum Gasteiger partial charge on any atom is -0.497 e. The Bertz CT molecular complexity index is 742. The number of carbonyl (C=O) groups is 1. The quantitative estimate of drug-likeness (QED) is 0.786. The minimum atomic E-state index is -0.241. The topological polar surface area (TPSA) is 67.8 Å². The van der Waals surface area contributed by atoms with Gasteiger partial charge in [0.25, 0.3) is 0 Å². The molecule has 1 aromatic heterocycles. The monoisotopic (exact) mass is 362 g/mol. The largest absolute Gasteiger partial charge is 0.497 e. The molecule has 1 aromatic carbocycles. The van der Waals surface area contributed by atoms with E-state index in [0.717, 1.165) is 29.5 Å². The third-order valence-electron chi connectivity index (χ3n) is 4.37. The van der Waals surface area contributed by atoms with Crippen LogP contribution in [0.2, 0.25) is 0 Å². The molecule has 8 heteroatoms. The normalized spacial score (nSPS) is 17.0. The van der Waals surface area contributed by atoms with Gasteiger partial charge in [-0.25, -0.2) is 4.98 Å². The number of hydrogen-bond acceptors (Lipinski definition) is 7. The molecule has 1 atom stereocenters. The fraction of sp³-hybridized carbons (Fsp3) is 0.471. The van der Waals surface area contributed by atoms with Crippen LogP contribution in [0.1, 0.15) is 19.2 Å². The Labute approximate surface area is 151 Å². The van der Waals surface area contributed by atoms with Crippen LogP contribution in [0.15, 0.2) is 18.2 Å². The van der Waals surface area contributed by atoms with Crippen molar-refractivity contribution in [3.05, 3.63) is 24.0 Å². The summed E-state index contributed by atoms with van der Waals surface area (Å²) in [5.74, 6) is 2.18. The average Bonchev–Trinajstić information content (AvgIpc) is 3.27. The Balaban J connectivity index is 1.81. The molecule has 2 aromatic rings. The summed E-state index contributed by atoms with van der Waals surface area (Å²) in [7, 11) is 5.10. The molecule has 1 aliphatic heterocycles. The molecule has 134 valence electrons. The zero-order valence-corrected chi connectivity index (χ0v) is 15.7. The molecular formula is C17H22N4O3S. The number of hydrogen-bond donors (Lipinski definition) is 0. The lowest BCUT2D eigenvalue weighted by Gasteiger charge is -2.23. The third kappa shape index (κ3) is 3.39. The molecule has 0 aliphatic carbocycles. The number of amides is 1. The molecule has 1 aliphatic rings. The second-order valence-corrected chi connectivity index (χ2v) is 6.55. The molecule has 2 heterocycles. The summed E-state index contributed by atoms with van der Waals surface area (Å²) < 4.78 is 14.9. The molecular weight excluding hydrogens is 340 g/mol. The molecule has 7 nitrogen and oxygen atoms in total. The van der Waals surface area contributed by atoms with Gasteiger partial charge in [0.05, 0.1) is 19.9 Å². The molecule has 0 spiro atoms. The van der Waals surface area contributed by atoms with Gasteiger partial charge in [0.15, 0.2) is 0 Å². The maximum Gasteiger partial charge on any atom is 0.249 e. The van der Waals surface area contributed by atoms with E-state index in [1.807, 2.05) is 31.0 Å². The van der Waals surface area contributed by atoms with E-state index >= 15 is 0 Å². The number of likely N-dealkylation sites (N-methyl/N-ethyl adjacent to an activating group) is 1. The molecule has 25 heavy (non-hydrogen) atoms. The predicted octanol–water partition coefficient (Wildman–Crippen LogP) is 2.36. The van der Waals surface area contributed by atoms with E-state index in [1.165, 1.54) is 11.5 Å². The fourth-order valence-electron chi connectivity index (χ4n) is 2.89. The SMILES string of the molecule is CCc1nsc(N(C)C2CCN(c3cc(OC)cc(OC)c3)C2=O)n1. The highest BCUT2D eigenvalue weighted by Gasteiger charge is 2.36. The Morgan fingerprint density at radius 1 is 1.28 bits per heavy atom. The van der Waals surface area contributed by atoms with Crippen LogP contribution >= 0.6 is 11.5 Å². The van der Waals surface area contributed by atoms with Crippen molar-refractivity contribution >= 4 is 28.3 Å². The van der Waals surface area contributed by atoms with Crippen LogP contribution < -0.4 is 19.3 Å². The zero-order chi connectivity index (χ0) is 18.0. The second-order valence-electron chi connectivity index (χ2n) is 5.82. The molecule has 0 bridgehead atoms. The zero-order valence-electron chi connectivity index (χ0n) is 14.9. The van der Waals surface area contributed by atoms with Gasteiger partial charge in [-0.05, 0) is 6.42 Å². The van der Waals surface area contributed by atoms with Crippen molar-refractivity contribution in [3.63, 3.8) is 0 Å². The van der Waals surface area contributed by atoms with Crippen LogP contribution in [-0.4, -0.2) is 49.1 Å². The summed E-state index contributed by atoms with van der Waals surface area (Å²) >= 11 is 1.33. The van der Waals surface area contributed by atoms with Crippen LogP contribution in [0.4, 0.5) is 10.8 Å². The van der Waals surface area contributed by atoms with Crippen molar-refractivity contribution in [1.29, 1.82) is 0 Å². The first-order valence-corrected chi connectivity index (χ1v) is 8.94.